The zero-order valence-electron chi connectivity index (χ0n) is 14.8. The van der Waals surface area contributed by atoms with Gasteiger partial charge in [-0.1, -0.05) is 30.3 Å². The number of rotatable bonds is 3. The van der Waals surface area contributed by atoms with Crippen molar-refractivity contribution < 1.29 is 18.4 Å². The van der Waals surface area contributed by atoms with E-state index in [-0.39, 0.29) is 0 Å². The molecule has 0 bridgehead atoms. The standard InChI is InChI=1S/C22H16O5/c1-13-12-19(24)27-22-15(13)8-9-17-21(22)20(14-6-4-3-5-7-14)16(26-17)10-11-18(23)25-2/h3-12H,1-2H3/b11-10+. The summed E-state index contributed by atoms with van der Waals surface area (Å²) in [4.78, 5) is 23.5. The molecule has 27 heavy (non-hydrogen) atoms. The predicted molar refractivity (Wildman–Crippen MR) is 103 cm³/mol. The molecular weight excluding hydrogens is 344 g/mol. The fourth-order valence-electron chi connectivity index (χ4n) is 3.20. The van der Waals surface area contributed by atoms with Crippen molar-refractivity contribution in [1.82, 2.24) is 0 Å². The molecule has 0 atom stereocenters. The van der Waals surface area contributed by atoms with Crippen LogP contribution in [0.1, 0.15) is 11.3 Å². The van der Waals surface area contributed by atoms with Crippen LogP contribution in [0, 0.1) is 6.92 Å². The van der Waals surface area contributed by atoms with Crippen LogP contribution in [0.3, 0.4) is 0 Å². The number of fused-ring (bicyclic) bond motifs is 3. The molecule has 2 heterocycles. The van der Waals surface area contributed by atoms with E-state index < -0.39 is 11.6 Å². The van der Waals surface area contributed by atoms with Gasteiger partial charge in [0.25, 0.3) is 0 Å². The monoisotopic (exact) mass is 360 g/mol. The first-order valence-electron chi connectivity index (χ1n) is 8.40. The molecule has 4 rings (SSSR count). The van der Waals surface area contributed by atoms with Crippen molar-refractivity contribution in [2.24, 2.45) is 0 Å². The number of hydrogen-bond donors (Lipinski definition) is 0. The number of carbonyl (C=O) groups is 1. The summed E-state index contributed by atoms with van der Waals surface area (Å²) in [6, 6.07) is 14.8. The van der Waals surface area contributed by atoms with Gasteiger partial charge in [-0.25, -0.2) is 9.59 Å². The van der Waals surface area contributed by atoms with Gasteiger partial charge in [0.2, 0.25) is 0 Å². The minimum atomic E-state index is -0.485. The van der Waals surface area contributed by atoms with Gasteiger partial charge in [0.1, 0.15) is 16.9 Å². The fourth-order valence-corrected chi connectivity index (χ4v) is 3.20. The topological polar surface area (TPSA) is 69.7 Å². The summed E-state index contributed by atoms with van der Waals surface area (Å²) in [5.74, 6) is -0.0000395. The second-order valence-corrected chi connectivity index (χ2v) is 6.13. The number of methoxy groups -OCH3 is 1. The minimum Gasteiger partial charge on any atom is -0.466 e. The Bertz CT molecular complexity index is 1240. The Morgan fingerprint density at radius 2 is 1.85 bits per heavy atom. The first kappa shape index (κ1) is 16.8. The van der Waals surface area contributed by atoms with Crippen molar-refractivity contribution >= 4 is 34.0 Å². The lowest BCUT2D eigenvalue weighted by Crippen LogP contribution is -1.98. The summed E-state index contributed by atoms with van der Waals surface area (Å²) in [5.41, 5.74) is 3.09. The number of aryl methyl sites for hydroxylation is 1. The average Bonchev–Trinajstić information content (AvgIpc) is 3.05. The van der Waals surface area contributed by atoms with Crippen molar-refractivity contribution in [3.05, 3.63) is 76.4 Å². The lowest BCUT2D eigenvalue weighted by Gasteiger charge is -2.04. The van der Waals surface area contributed by atoms with E-state index in [1.807, 2.05) is 49.4 Å². The summed E-state index contributed by atoms with van der Waals surface area (Å²) in [6.07, 6.45) is 2.86. The largest absolute Gasteiger partial charge is 0.466 e. The van der Waals surface area contributed by atoms with Crippen LogP contribution < -0.4 is 5.63 Å². The summed E-state index contributed by atoms with van der Waals surface area (Å²) in [5, 5.41) is 1.53. The number of carbonyl (C=O) groups excluding carboxylic acids is 1. The van der Waals surface area contributed by atoms with E-state index in [1.54, 1.807) is 6.08 Å². The highest BCUT2D eigenvalue weighted by molar-refractivity contribution is 6.12. The van der Waals surface area contributed by atoms with Gasteiger partial charge < -0.3 is 13.6 Å². The zero-order chi connectivity index (χ0) is 19.0. The van der Waals surface area contributed by atoms with Crippen molar-refractivity contribution in [2.75, 3.05) is 7.11 Å². The Hall–Kier alpha value is -3.60. The molecule has 5 heteroatoms. The molecule has 2 aromatic carbocycles. The lowest BCUT2D eigenvalue weighted by atomic mass is 9.99. The van der Waals surface area contributed by atoms with Crippen LogP contribution in [0.2, 0.25) is 0 Å². The van der Waals surface area contributed by atoms with Gasteiger partial charge >= 0.3 is 11.6 Å². The van der Waals surface area contributed by atoms with Crippen LogP contribution in [0.5, 0.6) is 0 Å². The molecule has 0 saturated carbocycles. The molecule has 0 radical (unpaired) electrons. The predicted octanol–water partition coefficient (Wildman–Crippen LogP) is 4.70. The third-order valence-corrected chi connectivity index (χ3v) is 4.43. The molecule has 2 aromatic heterocycles. The van der Waals surface area contributed by atoms with Crippen molar-refractivity contribution in [3.63, 3.8) is 0 Å². The first-order chi connectivity index (χ1) is 13.1. The highest BCUT2D eigenvalue weighted by Gasteiger charge is 2.19. The highest BCUT2D eigenvalue weighted by Crippen LogP contribution is 2.40. The number of hydrogen-bond acceptors (Lipinski definition) is 5. The second-order valence-electron chi connectivity index (χ2n) is 6.13. The van der Waals surface area contributed by atoms with Gasteiger partial charge in [-0.2, -0.15) is 0 Å². The van der Waals surface area contributed by atoms with E-state index in [1.165, 1.54) is 19.3 Å². The van der Waals surface area contributed by atoms with Crippen molar-refractivity contribution in [1.29, 1.82) is 0 Å². The number of esters is 1. The van der Waals surface area contributed by atoms with Crippen molar-refractivity contribution in [3.8, 4) is 11.1 Å². The van der Waals surface area contributed by atoms with Crippen LogP contribution in [-0.4, -0.2) is 13.1 Å². The summed E-state index contributed by atoms with van der Waals surface area (Å²) in [6.45, 7) is 1.87. The van der Waals surface area contributed by atoms with E-state index in [4.69, 9.17) is 8.83 Å². The van der Waals surface area contributed by atoms with E-state index in [0.29, 0.717) is 22.3 Å². The molecule has 0 aliphatic rings. The molecule has 0 amide bonds. The average molecular weight is 360 g/mol. The fraction of sp³-hybridized carbons (Fsp3) is 0.0909. The molecule has 0 unspecified atom stereocenters. The number of ether oxygens (including phenoxy) is 1. The first-order valence-corrected chi connectivity index (χ1v) is 8.40. The maximum Gasteiger partial charge on any atom is 0.336 e. The molecule has 0 spiro atoms. The van der Waals surface area contributed by atoms with Gasteiger partial charge in [0, 0.05) is 23.1 Å². The molecule has 5 nitrogen and oxygen atoms in total. The third kappa shape index (κ3) is 2.93. The maximum atomic E-state index is 12.0. The summed E-state index contributed by atoms with van der Waals surface area (Å²) in [7, 11) is 1.31. The zero-order valence-corrected chi connectivity index (χ0v) is 14.8. The Morgan fingerprint density at radius 3 is 2.59 bits per heavy atom. The molecule has 0 aliphatic carbocycles. The highest BCUT2D eigenvalue weighted by atomic mass is 16.5. The molecule has 0 aliphatic heterocycles. The molecule has 0 saturated heterocycles. The molecule has 134 valence electrons. The van der Waals surface area contributed by atoms with Gasteiger partial charge in [0.15, 0.2) is 0 Å². The van der Waals surface area contributed by atoms with Gasteiger partial charge in [0.05, 0.1) is 12.5 Å². The van der Waals surface area contributed by atoms with Gasteiger partial charge in [-0.3, -0.25) is 0 Å². The number of benzene rings is 2. The number of furan rings is 1. The maximum absolute atomic E-state index is 12.0. The molecule has 4 aromatic rings. The van der Waals surface area contributed by atoms with E-state index in [9.17, 15) is 9.59 Å². The van der Waals surface area contributed by atoms with Crippen molar-refractivity contribution in [2.45, 2.75) is 6.92 Å². The Kier molecular flexibility index (Phi) is 4.12. The van der Waals surface area contributed by atoms with Crippen LogP contribution in [0.25, 0.3) is 39.1 Å². The van der Waals surface area contributed by atoms with Gasteiger partial charge in [-0.05, 0) is 36.3 Å². The lowest BCUT2D eigenvalue weighted by molar-refractivity contribution is -0.134. The minimum absolute atomic E-state index is 0.417. The second kappa shape index (κ2) is 6.61. The third-order valence-electron chi connectivity index (χ3n) is 4.43. The Labute approximate surface area is 154 Å². The Balaban J connectivity index is 2.13. The van der Waals surface area contributed by atoms with Crippen LogP contribution >= 0.6 is 0 Å². The van der Waals surface area contributed by atoms with E-state index >= 15 is 0 Å². The van der Waals surface area contributed by atoms with Crippen LogP contribution in [0.4, 0.5) is 0 Å². The molecule has 0 fully saturated rings. The van der Waals surface area contributed by atoms with Crippen LogP contribution in [0.15, 0.2) is 68.2 Å². The van der Waals surface area contributed by atoms with Gasteiger partial charge in [-0.15, -0.1) is 0 Å². The quantitative estimate of drug-likeness (QED) is 0.301. The van der Waals surface area contributed by atoms with Crippen LogP contribution in [-0.2, 0) is 9.53 Å². The van der Waals surface area contributed by atoms with E-state index in [0.717, 1.165) is 22.1 Å². The summed E-state index contributed by atoms with van der Waals surface area (Å²) >= 11 is 0. The smallest absolute Gasteiger partial charge is 0.336 e. The Morgan fingerprint density at radius 1 is 1.07 bits per heavy atom. The molecular formula is C22H16O5. The van der Waals surface area contributed by atoms with E-state index in [2.05, 4.69) is 4.74 Å². The molecule has 0 N–H and O–H groups in total. The SMILES string of the molecule is COC(=O)/C=C/c1oc2ccc3c(C)cc(=O)oc3c2c1-c1ccccc1. The normalized spacial score (nSPS) is 11.5. The summed E-state index contributed by atoms with van der Waals surface area (Å²) < 4.78 is 16.2.